The molecule has 0 N–H and O–H groups in total. The van der Waals surface area contributed by atoms with Crippen LogP contribution in [0.5, 0.6) is 0 Å². The summed E-state index contributed by atoms with van der Waals surface area (Å²) in [6.07, 6.45) is 0.315. The first-order valence-corrected chi connectivity index (χ1v) is 5.12. The number of hydrogen-bond acceptors (Lipinski definition) is 1. The van der Waals surface area contributed by atoms with Gasteiger partial charge >= 0.3 is 0 Å². The third-order valence-corrected chi connectivity index (χ3v) is 2.51. The summed E-state index contributed by atoms with van der Waals surface area (Å²) in [5.41, 5.74) is 1.16. The van der Waals surface area contributed by atoms with Gasteiger partial charge in [0, 0.05) is 6.42 Å². The fraction of sp³-hybridized carbons (Fsp3) is 0.0714. The normalized spacial score (nSPS) is 9.94. The third-order valence-electron chi connectivity index (χ3n) is 2.51. The van der Waals surface area contributed by atoms with Crippen molar-refractivity contribution in [2.24, 2.45) is 0 Å². The lowest BCUT2D eigenvalue weighted by Gasteiger charge is -2.04. The molecule has 0 spiro atoms. The van der Waals surface area contributed by atoms with Crippen LogP contribution in [0.25, 0.3) is 0 Å². The highest BCUT2D eigenvalue weighted by Gasteiger charge is 2.05. The van der Waals surface area contributed by atoms with Gasteiger partial charge in [-0.05, 0) is 29.3 Å². The maximum Gasteiger partial charge on any atom is 0.141 e. The van der Waals surface area contributed by atoms with E-state index in [1.54, 1.807) is 30.3 Å². The van der Waals surface area contributed by atoms with Crippen molar-refractivity contribution in [2.75, 3.05) is 0 Å². The van der Waals surface area contributed by atoms with Gasteiger partial charge < -0.3 is 0 Å². The van der Waals surface area contributed by atoms with Crippen molar-refractivity contribution in [3.8, 4) is 6.07 Å². The van der Waals surface area contributed by atoms with Gasteiger partial charge in [0.2, 0.25) is 0 Å². The lowest BCUT2D eigenvalue weighted by Crippen LogP contribution is -1.94. The van der Waals surface area contributed by atoms with Gasteiger partial charge in [0.15, 0.2) is 0 Å². The summed E-state index contributed by atoms with van der Waals surface area (Å²) in [5, 5.41) is 8.59. The number of hydrogen-bond donors (Lipinski definition) is 0. The van der Waals surface area contributed by atoms with Crippen LogP contribution in [0.1, 0.15) is 16.7 Å². The van der Waals surface area contributed by atoms with Gasteiger partial charge in [0.25, 0.3) is 0 Å². The van der Waals surface area contributed by atoms with Gasteiger partial charge in [-0.25, -0.2) is 8.78 Å². The van der Waals surface area contributed by atoms with Crippen molar-refractivity contribution >= 4 is 0 Å². The smallest absolute Gasteiger partial charge is 0.141 e. The van der Waals surface area contributed by atoms with Crippen LogP contribution in [-0.2, 0) is 6.42 Å². The van der Waals surface area contributed by atoms with E-state index in [0.29, 0.717) is 17.5 Å². The quantitative estimate of drug-likeness (QED) is 0.774. The Morgan fingerprint density at radius 3 is 2.41 bits per heavy atom. The maximum atomic E-state index is 13.4. The highest BCUT2D eigenvalue weighted by molar-refractivity contribution is 5.35. The summed E-state index contributed by atoms with van der Waals surface area (Å²) in [4.78, 5) is 0. The van der Waals surface area contributed by atoms with E-state index in [0.717, 1.165) is 0 Å². The molecule has 0 bridgehead atoms. The van der Waals surface area contributed by atoms with Gasteiger partial charge in [0.05, 0.1) is 5.56 Å². The van der Waals surface area contributed by atoms with Crippen LogP contribution >= 0.6 is 0 Å². The summed E-state index contributed by atoms with van der Waals surface area (Å²) in [6.45, 7) is 0. The Bertz CT molecular complexity index is 585. The van der Waals surface area contributed by atoms with Crippen LogP contribution in [0.4, 0.5) is 8.78 Å². The molecule has 0 heterocycles. The number of benzene rings is 2. The lowest BCUT2D eigenvalue weighted by atomic mass is 10.0. The minimum absolute atomic E-state index is 0.00211. The molecule has 0 unspecified atom stereocenters. The van der Waals surface area contributed by atoms with Gasteiger partial charge in [0.1, 0.15) is 17.7 Å². The zero-order valence-corrected chi connectivity index (χ0v) is 8.95. The Balaban J connectivity index is 2.29. The minimum Gasteiger partial charge on any atom is -0.207 e. The molecule has 0 saturated heterocycles. The maximum absolute atomic E-state index is 13.4. The summed E-state index contributed by atoms with van der Waals surface area (Å²) < 4.78 is 26.7. The van der Waals surface area contributed by atoms with E-state index in [2.05, 4.69) is 0 Å². The summed E-state index contributed by atoms with van der Waals surface area (Å²) in [6, 6.07) is 12.4. The van der Waals surface area contributed by atoms with Gasteiger partial charge in [-0.2, -0.15) is 5.26 Å². The van der Waals surface area contributed by atoms with Crippen molar-refractivity contribution in [3.05, 3.63) is 70.8 Å². The Hall–Kier alpha value is -2.21. The number of rotatable bonds is 2. The second-order valence-corrected chi connectivity index (χ2v) is 3.69. The molecule has 1 nitrogen and oxygen atoms in total. The molecule has 0 saturated carbocycles. The molecule has 0 aromatic heterocycles. The predicted octanol–water partition coefficient (Wildman–Crippen LogP) is 3.43. The second kappa shape index (κ2) is 4.75. The number of nitriles is 1. The zero-order valence-electron chi connectivity index (χ0n) is 8.95. The van der Waals surface area contributed by atoms with Crippen LogP contribution in [-0.4, -0.2) is 0 Å². The fourth-order valence-electron chi connectivity index (χ4n) is 1.62. The topological polar surface area (TPSA) is 23.8 Å². The molecular weight excluding hydrogens is 220 g/mol. The van der Waals surface area contributed by atoms with E-state index in [1.165, 1.54) is 18.2 Å². The molecule has 0 fully saturated rings. The Morgan fingerprint density at radius 1 is 1.00 bits per heavy atom. The van der Waals surface area contributed by atoms with Crippen LogP contribution in [0.2, 0.25) is 0 Å². The first kappa shape index (κ1) is 11.3. The third kappa shape index (κ3) is 2.48. The fourth-order valence-corrected chi connectivity index (χ4v) is 1.62. The molecule has 2 aromatic carbocycles. The molecule has 0 atom stereocenters. The Labute approximate surface area is 97.9 Å². The highest BCUT2D eigenvalue weighted by atomic mass is 19.1. The van der Waals surface area contributed by atoms with E-state index >= 15 is 0 Å². The van der Waals surface area contributed by atoms with Crippen molar-refractivity contribution in [3.63, 3.8) is 0 Å². The highest BCUT2D eigenvalue weighted by Crippen LogP contribution is 2.15. The molecule has 84 valence electrons. The van der Waals surface area contributed by atoms with Crippen molar-refractivity contribution in [1.29, 1.82) is 5.26 Å². The van der Waals surface area contributed by atoms with Crippen molar-refractivity contribution < 1.29 is 8.78 Å². The van der Waals surface area contributed by atoms with Gasteiger partial charge in [-0.1, -0.05) is 24.3 Å². The monoisotopic (exact) mass is 229 g/mol. The second-order valence-electron chi connectivity index (χ2n) is 3.69. The van der Waals surface area contributed by atoms with Gasteiger partial charge in [-0.3, -0.25) is 0 Å². The molecule has 3 heteroatoms. The van der Waals surface area contributed by atoms with E-state index in [4.69, 9.17) is 5.26 Å². The van der Waals surface area contributed by atoms with Crippen molar-refractivity contribution in [2.45, 2.75) is 6.42 Å². The first-order valence-electron chi connectivity index (χ1n) is 5.12. The van der Waals surface area contributed by atoms with Crippen LogP contribution in [0.15, 0.2) is 42.5 Å². The zero-order chi connectivity index (χ0) is 12.3. The molecule has 2 aromatic rings. The number of halogens is 2. The summed E-state index contributed by atoms with van der Waals surface area (Å²) in [5.74, 6) is -0.876. The van der Waals surface area contributed by atoms with Crippen LogP contribution < -0.4 is 0 Å². The van der Waals surface area contributed by atoms with E-state index in [-0.39, 0.29) is 11.4 Å². The first-order chi connectivity index (χ1) is 8.20. The lowest BCUT2D eigenvalue weighted by molar-refractivity contribution is 0.610. The average Bonchev–Trinajstić information content (AvgIpc) is 2.32. The van der Waals surface area contributed by atoms with E-state index in [1.807, 2.05) is 0 Å². The largest absolute Gasteiger partial charge is 0.207 e. The van der Waals surface area contributed by atoms with Crippen LogP contribution in [0.3, 0.4) is 0 Å². The minimum atomic E-state index is -0.568. The average molecular weight is 229 g/mol. The van der Waals surface area contributed by atoms with E-state index in [9.17, 15) is 8.78 Å². The van der Waals surface area contributed by atoms with Crippen molar-refractivity contribution in [1.82, 2.24) is 0 Å². The molecule has 17 heavy (non-hydrogen) atoms. The Kier molecular flexibility index (Phi) is 3.15. The van der Waals surface area contributed by atoms with Crippen LogP contribution in [0, 0.1) is 23.0 Å². The van der Waals surface area contributed by atoms with E-state index < -0.39 is 5.82 Å². The molecular formula is C14H9F2N. The SMILES string of the molecule is N#Cc1ccc(Cc2ccccc2F)cc1F. The van der Waals surface area contributed by atoms with Gasteiger partial charge in [-0.15, -0.1) is 0 Å². The Morgan fingerprint density at radius 2 is 1.76 bits per heavy atom. The summed E-state index contributed by atoms with van der Waals surface area (Å²) >= 11 is 0. The molecule has 0 amide bonds. The predicted molar refractivity (Wildman–Crippen MR) is 60.3 cm³/mol. The molecule has 2 rings (SSSR count). The molecule has 0 radical (unpaired) electrons. The molecule has 0 aliphatic heterocycles. The standard InChI is InChI=1S/C14H9F2N/c15-13-4-2-1-3-11(13)7-10-5-6-12(9-17)14(16)8-10/h1-6,8H,7H2. The summed E-state index contributed by atoms with van der Waals surface area (Å²) in [7, 11) is 0. The number of nitrogens with zero attached hydrogens (tertiary/aromatic N) is 1. The molecule has 0 aliphatic rings. The molecule has 0 aliphatic carbocycles.